The number of benzene rings is 6. The molecule has 0 bridgehead atoms. The molecule has 1 unspecified atom stereocenters. The topological polar surface area (TPSA) is 145 Å². The predicted octanol–water partition coefficient (Wildman–Crippen LogP) is 9.23. The summed E-state index contributed by atoms with van der Waals surface area (Å²) in [4.78, 5) is 28.8. The Kier molecular flexibility index (Phi) is 12.2. The molecule has 0 fully saturated rings. The van der Waals surface area contributed by atoms with E-state index in [4.69, 9.17) is 42.7 Å². The van der Waals surface area contributed by atoms with E-state index in [0.717, 1.165) is 44.5 Å². The van der Waals surface area contributed by atoms with Gasteiger partial charge in [-0.05, 0) is 106 Å². The van der Waals surface area contributed by atoms with Gasteiger partial charge in [0.2, 0.25) is 5.91 Å². The zero-order chi connectivity index (χ0) is 42.5. The van der Waals surface area contributed by atoms with Crippen LogP contribution in [-0.4, -0.2) is 40.6 Å². The minimum atomic E-state index is -1.19. The van der Waals surface area contributed by atoms with E-state index in [0.29, 0.717) is 51.6 Å². The van der Waals surface area contributed by atoms with Crippen LogP contribution in [0.15, 0.2) is 127 Å². The molecule has 6 aromatic rings. The Morgan fingerprint density at radius 2 is 1.52 bits per heavy atom. The number of nitrogens with one attached hydrogen (secondary N) is 1. The standard InChI is InChI=1S/C49H38Cl2N4O6/c50-41-18-9-32(19-42(41)51)28-59-40-16-14-35(15-17-40)47-29-60-45-22-38-21-44(55(27-39(38)23-46(45)61-47)26-37-4-2-1-3-36(37)25-53)48(56)54-43(49(57)58)20-30-5-10-33(11-6-30)34-12-7-31(24-52)8-13-34/h1-19,22-23,43-44,47H,20-21,26-29H2,(H,54,56)(H,57,58)/t43?,44-,47+/m0/s1. The number of halogens is 2. The summed E-state index contributed by atoms with van der Waals surface area (Å²) in [5.41, 5.74) is 8.03. The van der Waals surface area contributed by atoms with Crippen LogP contribution < -0.4 is 19.5 Å². The summed E-state index contributed by atoms with van der Waals surface area (Å²) in [6, 6.07) is 41.3. The number of amides is 1. The van der Waals surface area contributed by atoms with Gasteiger partial charge in [0, 0.05) is 19.5 Å². The van der Waals surface area contributed by atoms with Gasteiger partial charge in [-0.25, -0.2) is 4.79 Å². The Hall–Kier alpha value is -6.82. The summed E-state index contributed by atoms with van der Waals surface area (Å²) in [6.45, 7) is 1.22. The van der Waals surface area contributed by atoms with E-state index >= 15 is 0 Å². The molecule has 0 aliphatic carbocycles. The van der Waals surface area contributed by atoms with Gasteiger partial charge in [-0.2, -0.15) is 10.5 Å². The highest BCUT2D eigenvalue weighted by Crippen LogP contribution is 2.41. The van der Waals surface area contributed by atoms with Crippen molar-refractivity contribution in [3.8, 4) is 40.5 Å². The van der Waals surface area contributed by atoms with Gasteiger partial charge in [0.1, 0.15) is 25.0 Å². The molecule has 0 spiro atoms. The monoisotopic (exact) mass is 848 g/mol. The Morgan fingerprint density at radius 3 is 2.23 bits per heavy atom. The van der Waals surface area contributed by atoms with Crippen molar-refractivity contribution in [2.75, 3.05) is 6.61 Å². The summed E-state index contributed by atoms with van der Waals surface area (Å²) in [7, 11) is 0. The number of carboxylic acid groups (broad SMARTS) is 1. The second-order valence-electron chi connectivity index (χ2n) is 15.0. The molecule has 8 rings (SSSR count). The van der Waals surface area contributed by atoms with Crippen molar-refractivity contribution >= 4 is 35.1 Å². The minimum Gasteiger partial charge on any atom is -0.489 e. The quantitative estimate of drug-likeness (QED) is 0.123. The van der Waals surface area contributed by atoms with E-state index in [1.54, 1.807) is 36.4 Å². The summed E-state index contributed by atoms with van der Waals surface area (Å²) < 4.78 is 18.7. The molecule has 304 valence electrons. The molecule has 0 saturated heterocycles. The maximum absolute atomic E-state index is 14.2. The van der Waals surface area contributed by atoms with Crippen LogP contribution in [0.25, 0.3) is 11.1 Å². The lowest BCUT2D eigenvalue weighted by atomic mass is 9.91. The average molecular weight is 850 g/mol. The van der Waals surface area contributed by atoms with E-state index < -0.39 is 24.0 Å². The second kappa shape index (κ2) is 18.2. The van der Waals surface area contributed by atoms with Crippen molar-refractivity contribution in [2.24, 2.45) is 0 Å². The van der Waals surface area contributed by atoms with Crippen LogP contribution in [0.1, 0.15) is 50.6 Å². The SMILES string of the molecule is N#Cc1ccc(-c2ccc(CC(NC(=O)[C@@H]3Cc4cc5c(cc4CN3Cc3ccccc3C#N)O[C@@H](c3ccc(OCc4ccc(Cl)c(Cl)c4)cc3)CO5)C(=O)O)cc2)cc1. The van der Waals surface area contributed by atoms with Gasteiger partial charge >= 0.3 is 5.97 Å². The van der Waals surface area contributed by atoms with Gasteiger partial charge in [0.05, 0.1) is 39.4 Å². The van der Waals surface area contributed by atoms with Gasteiger partial charge in [-0.3, -0.25) is 9.69 Å². The van der Waals surface area contributed by atoms with E-state index in [2.05, 4.69) is 17.5 Å². The normalized spacial score (nSPS) is 16.0. The Bertz CT molecular complexity index is 2680. The molecular formula is C49H38Cl2N4O6. The number of carbonyl (C=O) groups is 2. The number of fused-ring (bicyclic) bond motifs is 2. The first-order valence-corrected chi connectivity index (χ1v) is 20.4. The Labute approximate surface area is 363 Å². The number of hydrogen-bond donors (Lipinski definition) is 2. The fraction of sp³-hybridized carbons (Fsp3) is 0.184. The fourth-order valence-electron chi connectivity index (χ4n) is 7.63. The number of rotatable bonds is 12. The number of ether oxygens (including phenoxy) is 3. The first-order valence-electron chi connectivity index (χ1n) is 19.6. The van der Waals surface area contributed by atoms with Crippen LogP contribution in [0.5, 0.6) is 17.2 Å². The molecule has 0 saturated carbocycles. The van der Waals surface area contributed by atoms with Crippen LogP contribution in [0.4, 0.5) is 0 Å². The van der Waals surface area contributed by atoms with Crippen molar-refractivity contribution in [3.05, 3.63) is 182 Å². The molecule has 2 heterocycles. The lowest BCUT2D eigenvalue weighted by Crippen LogP contribution is -2.54. The van der Waals surface area contributed by atoms with Gasteiger partial charge in [0.15, 0.2) is 17.6 Å². The van der Waals surface area contributed by atoms with E-state index in [-0.39, 0.29) is 32.1 Å². The molecule has 6 aromatic carbocycles. The number of nitriles is 2. The first-order chi connectivity index (χ1) is 29.6. The Balaban J connectivity index is 0.979. The number of nitrogens with zero attached hydrogens (tertiary/aromatic N) is 3. The van der Waals surface area contributed by atoms with Gasteiger partial charge in [-0.1, -0.05) is 96.0 Å². The van der Waals surface area contributed by atoms with Gasteiger partial charge < -0.3 is 24.6 Å². The second-order valence-corrected chi connectivity index (χ2v) is 15.8. The highest BCUT2D eigenvalue weighted by molar-refractivity contribution is 6.42. The molecule has 61 heavy (non-hydrogen) atoms. The fourth-order valence-corrected chi connectivity index (χ4v) is 7.95. The van der Waals surface area contributed by atoms with Crippen LogP contribution in [-0.2, 0) is 42.1 Å². The molecule has 2 aliphatic rings. The van der Waals surface area contributed by atoms with Crippen LogP contribution in [0, 0.1) is 22.7 Å². The minimum absolute atomic E-state index is 0.0730. The predicted molar refractivity (Wildman–Crippen MR) is 230 cm³/mol. The summed E-state index contributed by atoms with van der Waals surface area (Å²) in [6.07, 6.45) is -0.0231. The van der Waals surface area contributed by atoms with E-state index in [9.17, 15) is 20.0 Å². The summed E-state index contributed by atoms with van der Waals surface area (Å²) in [5, 5.41) is 33.1. The lowest BCUT2D eigenvalue weighted by molar-refractivity contribution is -0.142. The number of hydrogen-bond acceptors (Lipinski definition) is 8. The third-order valence-corrected chi connectivity index (χ3v) is 11.7. The Morgan fingerprint density at radius 1 is 0.820 bits per heavy atom. The van der Waals surface area contributed by atoms with Crippen LogP contribution >= 0.6 is 23.2 Å². The van der Waals surface area contributed by atoms with Crippen LogP contribution in [0.3, 0.4) is 0 Å². The van der Waals surface area contributed by atoms with Gasteiger partial charge in [-0.15, -0.1) is 0 Å². The number of aliphatic carboxylic acids is 1. The third kappa shape index (κ3) is 9.49. The molecule has 12 heteroatoms. The molecule has 2 aliphatic heterocycles. The van der Waals surface area contributed by atoms with E-state index in [1.165, 1.54) is 0 Å². The molecule has 3 atom stereocenters. The zero-order valence-corrected chi connectivity index (χ0v) is 34.2. The van der Waals surface area contributed by atoms with Crippen molar-refractivity contribution < 1.29 is 28.9 Å². The highest BCUT2D eigenvalue weighted by atomic mass is 35.5. The number of carbonyl (C=O) groups excluding carboxylic acids is 1. The average Bonchev–Trinajstić information content (AvgIpc) is 3.28. The van der Waals surface area contributed by atoms with Crippen molar-refractivity contribution in [1.82, 2.24) is 10.2 Å². The van der Waals surface area contributed by atoms with E-state index in [1.807, 2.05) is 95.9 Å². The molecule has 0 radical (unpaired) electrons. The smallest absolute Gasteiger partial charge is 0.326 e. The highest BCUT2D eigenvalue weighted by Gasteiger charge is 2.36. The van der Waals surface area contributed by atoms with Crippen LogP contribution in [0.2, 0.25) is 10.0 Å². The van der Waals surface area contributed by atoms with Crippen molar-refractivity contribution in [3.63, 3.8) is 0 Å². The zero-order valence-electron chi connectivity index (χ0n) is 32.7. The summed E-state index contributed by atoms with van der Waals surface area (Å²) in [5.74, 6) is 0.239. The van der Waals surface area contributed by atoms with Crippen molar-refractivity contribution in [2.45, 2.75) is 50.7 Å². The molecule has 2 N–H and O–H groups in total. The first kappa shape index (κ1) is 40.9. The van der Waals surface area contributed by atoms with Crippen molar-refractivity contribution in [1.29, 1.82) is 10.5 Å². The van der Waals surface area contributed by atoms with Gasteiger partial charge in [0.25, 0.3) is 0 Å². The number of carboxylic acids is 1. The molecule has 0 aromatic heterocycles. The third-order valence-electron chi connectivity index (χ3n) is 11.0. The summed E-state index contributed by atoms with van der Waals surface area (Å²) >= 11 is 12.2. The molecule has 10 nitrogen and oxygen atoms in total. The molecule has 1 amide bonds. The molecular weight excluding hydrogens is 811 g/mol. The lowest BCUT2D eigenvalue weighted by Gasteiger charge is -2.38. The maximum atomic E-state index is 14.2. The largest absolute Gasteiger partial charge is 0.489 e. The maximum Gasteiger partial charge on any atom is 0.326 e.